The van der Waals surface area contributed by atoms with Gasteiger partial charge in [0.2, 0.25) is 5.91 Å². The third-order valence-electron chi connectivity index (χ3n) is 1.92. The van der Waals surface area contributed by atoms with E-state index in [2.05, 4.69) is 10.6 Å². The van der Waals surface area contributed by atoms with E-state index in [1.165, 1.54) is 0 Å². The average molecular weight is 172 g/mol. The molecule has 1 fully saturated rings. The van der Waals surface area contributed by atoms with Gasteiger partial charge >= 0.3 is 0 Å². The summed E-state index contributed by atoms with van der Waals surface area (Å²) in [6, 6.07) is 0.260. The topological polar surface area (TPSA) is 61.4 Å². The summed E-state index contributed by atoms with van der Waals surface area (Å²) in [5.74, 6) is 0.138. The van der Waals surface area contributed by atoms with Crippen molar-refractivity contribution in [3.8, 4) is 0 Å². The molecule has 1 amide bonds. The van der Waals surface area contributed by atoms with Crippen molar-refractivity contribution in [2.45, 2.75) is 31.9 Å². The Labute approximate surface area is 72.3 Å². The van der Waals surface area contributed by atoms with Crippen LogP contribution in [-0.2, 0) is 4.79 Å². The minimum absolute atomic E-state index is 0.138. The van der Waals surface area contributed by atoms with Crippen LogP contribution in [0.15, 0.2) is 0 Å². The number of aliphatic hydroxyl groups excluding tert-OH is 1. The molecule has 1 aliphatic rings. The molecule has 0 aromatic heterocycles. The lowest BCUT2D eigenvalue weighted by Gasteiger charge is -2.11. The third kappa shape index (κ3) is 3.19. The van der Waals surface area contributed by atoms with Gasteiger partial charge in [-0.05, 0) is 13.3 Å². The highest BCUT2D eigenvalue weighted by Gasteiger charge is 2.19. The van der Waals surface area contributed by atoms with Crippen molar-refractivity contribution in [2.24, 2.45) is 0 Å². The number of nitrogens with one attached hydrogen (secondary N) is 2. The molecule has 1 aliphatic heterocycles. The van der Waals surface area contributed by atoms with Crippen LogP contribution in [0.5, 0.6) is 0 Å². The van der Waals surface area contributed by atoms with Gasteiger partial charge in [-0.2, -0.15) is 0 Å². The predicted molar refractivity (Wildman–Crippen MR) is 45.7 cm³/mol. The number of amides is 1. The van der Waals surface area contributed by atoms with E-state index in [0.717, 1.165) is 13.0 Å². The van der Waals surface area contributed by atoms with Crippen LogP contribution in [0.4, 0.5) is 0 Å². The molecule has 12 heavy (non-hydrogen) atoms. The van der Waals surface area contributed by atoms with Gasteiger partial charge in [-0.15, -0.1) is 0 Å². The first-order valence-corrected chi connectivity index (χ1v) is 4.36. The molecule has 0 aromatic carbocycles. The van der Waals surface area contributed by atoms with Gasteiger partial charge in [0.15, 0.2) is 0 Å². The molecule has 0 aromatic rings. The fourth-order valence-electron chi connectivity index (χ4n) is 1.30. The highest BCUT2D eigenvalue weighted by atomic mass is 16.3. The second-order valence-corrected chi connectivity index (χ2v) is 3.31. The Kier molecular flexibility index (Phi) is 3.49. The van der Waals surface area contributed by atoms with Crippen molar-refractivity contribution >= 4 is 5.91 Å². The number of rotatable bonds is 4. The molecule has 1 rings (SSSR count). The van der Waals surface area contributed by atoms with Gasteiger partial charge in [0.1, 0.15) is 0 Å². The van der Waals surface area contributed by atoms with E-state index in [9.17, 15) is 4.79 Å². The van der Waals surface area contributed by atoms with E-state index >= 15 is 0 Å². The summed E-state index contributed by atoms with van der Waals surface area (Å²) < 4.78 is 0. The Morgan fingerprint density at radius 3 is 3.08 bits per heavy atom. The second kappa shape index (κ2) is 4.42. The van der Waals surface area contributed by atoms with Gasteiger partial charge in [-0.25, -0.2) is 0 Å². The number of carbonyl (C=O) groups is 1. The zero-order valence-corrected chi connectivity index (χ0v) is 7.34. The Hall–Kier alpha value is -0.610. The molecule has 70 valence electrons. The summed E-state index contributed by atoms with van der Waals surface area (Å²) in [5, 5.41) is 14.9. The third-order valence-corrected chi connectivity index (χ3v) is 1.92. The van der Waals surface area contributed by atoms with Gasteiger partial charge in [0.25, 0.3) is 0 Å². The normalized spacial score (nSPS) is 25.5. The van der Waals surface area contributed by atoms with E-state index < -0.39 is 0 Å². The lowest BCUT2D eigenvalue weighted by molar-refractivity contribution is -0.119. The fourth-order valence-corrected chi connectivity index (χ4v) is 1.30. The van der Waals surface area contributed by atoms with Crippen molar-refractivity contribution in [3.63, 3.8) is 0 Å². The minimum Gasteiger partial charge on any atom is -0.392 e. The van der Waals surface area contributed by atoms with Crippen LogP contribution in [0, 0.1) is 0 Å². The maximum absolute atomic E-state index is 10.8. The first-order chi connectivity index (χ1) is 5.68. The van der Waals surface area contributed by atoms with Crippen LogP contribution in [-0.4, -0.2) is 36.2 Å². The van der Waals surface area contributed by atoms with E-state index in [-0.39, 0.29) is 18.1 Å². The molecule has 0 bridgehead atoms. The molecule has 4 nitrogen and oxygen atoms in total. The lowest BCUT2D eigenvalue weighted by Crippen LogP contribution is -2.38. The number of hydrogen-bond donors (Lipinski definition) is 3. The number of carbonyl (C=O) groups excluding carboxylic acids is 1. The summed E-state index contributed by atoms with van der Waals surface area (Å²) in [7, 11) is 0. The Balaban J connectivity index is 2.04. The zero-order chi connectivity index (χ0) is 8.97. The van der Waals surface area contributed by atoms with Gasteiger partial charge in [0.05, 0.1) is 6.10 Å². The maximum atomic E-state index is 10.8. The largest absolute Gasteiger partial charge is 0.392 e. The zero-order valence-electron chi connectivity index (χ0n) is 7.34. The van der Waals surface area contributed by atoms with Crippen molar-refractivity contribution in [2.75, 3.05) is 13.1 Å². The van der Waals surface area contributed by atoms with Crippen molar-refractivity contribution < 1.29 is 9.90 Å². The summed E-state index contributed by atoms with van der Waals surface area (Å²) in [6.45, 7) is 3.09. The molecule has 4 heteroatoms. The smallest absolute Gasteiger partial charge is 0.220 e. The molecule has 0 aliphatic carbocycles. The molecular formula is C8H16N2O2. The average Bonchev–Trinajstić information content (AvgIpc) is 2.35. The SMILES string of the molecule is C[C@@H](O)CNCC1CCC(=O)N1. The first kappa shape index (κ1) is 9.48. The summed E-state index contributed by atoms with van der Waals surface area (Å²) in [4.78, 5) is 10.8. The van der Waals surface area contributed by atoms with Crippen LogP contribution in [0.3, 0.4) is 0 Å². The second-order valence-electron chi connectivity index (χ2n) is 3.31. The van der Waals surface area contributed by atoms with Crippen LogP contribution >= 0.6 is 0 Å². The molecule has 1 unspecified atom stereocenters. The van der Waals surface area contributed by atoms with E-state index in [4.69, 9.17) is 5.11 Å². The Morgan fingerprint density at radius 1 is 1.83 bits per heavy atom. The van der Waals surface area contributed by atoms with E-state index in [1.54, 1.807) is 6.92 Å². The first-order valence-electron chi connectivity index (χ1n) is 4.36. The van der Waals surface area contributed by atoms with Gasteiger partial charge in [0, 0.05) is 25.6 Å². The molecule has 0 radical (unpaired) electrons. The quantitative estimate of drug-likeness (QED) is 0.522. The summed E-state index contributed by atoms with van der Waals surface area (Å²) in [6.07, 6.45) is 1.23. The highest BCUT2D eigenvalue weighted by molar-refractivity contribution is 5.78. The maximum Gasteiger partial charge on any atom is 0.220 e. The van der Waals surface area contributed by atoms with Crippen molar-refractivity contribution in [1.29, 1.82) is 0 Å². The minimum atomic E-state index is -0.317. The lowest BCUT2D eigenvalue weighted by atomic mass is 10.2. The fraction of sp³-hybridized carbons (Fsp3) is 0.875. The van der Waals surface area contributed by atoms with E-state index in [0.29, 0.717) is 13.0 Å². The predicted octanol–water partition coefficient (Wildman–Crippen LogP) is -0.765. The number of aliphatic hydroxyl groups is 1. The molecule has 0 spiro atoms. The summed E-state index contributed by atoms with van der Waals surface area (Å²) in [5.41, 5.74) is 0. The molecule has 3 N–H and O–H groups in total. The van der Waals surface area contributed by atoms with E-state index in [1.807, 2.05) is 0 Å². The van der Waals surface area contributed by atoms with Crippen LogP contribution in [0.25, 0.3) is 0 Å². The molecular weight excluding hydrogens is 156 g/mol. The van der Waals surface area contributed by atoms with Gasteiger partial charge in [-0.1, -0.05) is 0 Å². The van der Waals surface area contributed by atoms with Crippen molar-refractivity contribution in [1.82, 2.24) is 10.6 Å². The van der Waals surface area contributed by atoms with Crippen molar-refractivity contribution in [3.05, 3.63) is 0 Å². The highest BCUT2D eigenvalue weighted by Crippen LogP contribution is 2.04. The number of hydrogen-bond acceptors (Lipinski definition) is 3. The van der Waals surface area contributed by atoms with Gasteiger partial charge in [-0.3, -0.25) is 4.79 Å². The molecule has 1 heterocycles. The molecule has 1 saturated heterocycles. The van der Waals surface area contributed by atoms with Crippen LogP contribution < -0.4 is 10.6 Å². The standard InChI is InChI=1S/C8H16N2O2/c1-6(11)4-9-5-7-2-3-8(12)10-7/h6-7,9,11H,2-5H2,1H3,(H,10,12)/t6-,7?/m1/s1. The Morgan fingerprint density at radius 2 is 2.58 bits per heavy atom. The Bertz CT molecular complexity index is 159. The van der Waals surface area contributed by atoms with Crippen LogP contribution in [0.1, 0.15) is 19.8 Å². The summed E-state index contributed by atoms with van der Waals surface area (Å²) >= 11 is 0. The monoisotopic (exact) mass is 172 g/mol. The molecule has 2 atom stereocenters. The molecule has 0 saturated carbocycles. The van der Waals surface area contributed by atoms with Gasteiger partial charge < -0.3 is 15.7 Å². The van der Waals surface area contributed by atoms with Crippen LogP contribution in [0.2, 0.25) is 0 Å².